The zero-order valence-electron chi connectivity index (χ0n) is 12.3. The van der Waals surface area contributed by atoms with Crippen molar-refractivity contribution in [2.24, 2.45) is 5.92 Å². The Hall–Kier alpha value is -0.390. The van der Waals surface area contributed by atoms with Gasteiger partial charge in [-0.25, -0.2) is 9.97 Å². The van der Waals surface area contributed by atoms with Crippen molar-refractivity contribution in [2.75, 3.05) is 11.9 Å². The Bertz CT molecular complexity index is 408. The minimum Gasteiger partial charge on any atom is -0.369 e. The molecule has 18 heavy (non-hydrogen) atoms. The van der Waals surface area contributed by atoms with Crippen molar-refractivity contribution >= 4 is 28.4 Å². The molecule has 0 aliphatic carbocycles. The molecule has 1 aromatic heterocycles. The van der Waals surface area contributed by atoms with E-state index in [2.05, 4.69) is 74.4 Å². The van der Waals surface area contributed by atoms with Crippen LogP contribution in [0.3, 0.4) is 0 Å². The molecule has 1 N–H and O–H groups in total. The van der Waals surface area contributed by atoms with E-state index in [1.54, 1.807) is 0 Å². The fraction of sp³-hybridized carbons (Fsp3) is 0.714. The van der Waals surface area contributed by atoms with Crippen LogP contribution in [0.1, 0.15) is 53.1 Å². The third kappa shape index (κ3) is 4.07. The van der Waals surface area contributed by atoms with Crippen LogP contribution in [0, 0.1) is 9.49 Å². The zero-order chi connectivity index (χ0) is 13.9. The second-order valence-electron chi connectivity index (χ2n) is 6.03. The van der Waals surface area contributed by atoms with Crippen LogP contribution in [0.4, 0.5) is 5.82 Å². The van der Waals surface area contributed by atoms with Gasteiger partial charge in [0, 0.05) is 12.0 Å². The van der Waals surface area contributed by atoms with Gasteiger partial charge in [0.2, 0.25) is 0 Å². The normalized spacial score (nSPS) is 12.0. The van der Waals surface area contributed by atoms with Gasteiger partial charge in [-0.2, -0.15) is 0 Å². The minimum atomic E-state index is -0.0136. The lowest BCUT2D eigenvalue weighted by atomic mass is 9.95. The third-order valence-electron chi connectivity index (χ3n) is 2.54. The van der Waals surface area contributed by atoms with Gasteiger partial charge in [0.1, 0.15) is 11.6 Å². The van der Waals surface area contributed by atoms with Crippen molar-refractivity contribution in [1.29, 1.82) is 0 Å². The van der Waals surface area contributed by atoms with Crippen LogP contribution in [0.2, 0.25) is 0 Å². The van der Waals surface area contributed by atoms with Gasteiger partial charge in [-0.3, -0.25) is 0 Å². The van der Waals surface area contributed by atoms with Crippen LogP contribution in [0.15, 0.2) is 0 Å². The molecule has 0 fully saturated rings. The molecule has 0 unspecified atom stereocenters. The molecule has 102 valence electrons. The largest absolute Gasteiger partial charge is 0.369 e. The lowest BCUT2D eigenvalue weighted by Gasteiger charge is -2.20. The predicted molar refractivity (Wildman–Crippen MR) is 86.2 cm³/mol. The number of hydrogen-bond acceptors (Lipinski definition) is 3. The zero-order valence-corrected chi connectivity index (χ0v) is 14.4. The highest BCUT2D eigenvalue weighted by Gasteiger charge is 2.21. The fourth-order valence-electron chi connectivity index (χ4n) is 1.64. The van der Waals surface area contributed by atoms with E-state index >= 15 is 0 Å². The summed E-state index contributed by atoms with van der Waals surface area (Å²) < 4.78 is 1.16. The van der Waals surface area contributed by atoms with Crippen molar-refractivity contribution in [3.8, 4) is 0 Å². The molecule has 0 saturated heterocycles. The summed E-state index contributed by atoms with van der Waals surface area (Å²) in [5.74, 6) is 2.51. The van der Waals surface area contributed by atoms with Crippen molar-refractivity contribution in [3.05, 3.63) is 15.1 Å². The number of aromatic nitrogens is 2. The first kappa shape index (κ1) is 15.7. The smallest absolute Gasteiger partial charge is 0.143 e. The molecule has 0 spiro atoms. The average molecular weight is 361 g/mol. The maximum absolute atomic E-state index is 4.77. The maximum Gasteiger partial charge on any atom is 0.143 e. The molecular weight excluding hydrogens is 337 g/mol. The second kappa shape index (κ2) is 6.17. The quantitative estimate of drug-likeness (QED) is 0.824. The van der Waals surface area contributed by atoms with Gasteiger partial charge in [-0.05, 0) is 41.9 Å². The lowest BCUT2D eigenvalue weighted by Crippen LogP contribution is -2.20. The maximum atomic E-state index is 4.77. The second-order valence-corrected chi connectivity index (χ2v) is 7.11. The Balaban J connectivity index is 3.27. The molecule has 0 aromatic carbocycles. The summed E-state index contributed by atoms with van der Waals surface area (Å²) in [6, 6.07) is 0. The molecule has 0 radical (unpaired) electrons. The Morgan fingerprint density at radius 2 is 1.83 bits per heavy atom. The molecule has 0 bridgehead atoms. The number of hydrogen-bond donors (Lipinski definition) is 1. The van der Waals surface area contributed by atoms with Gasteiger partial charge in [0.05, 0.1) is 9.26 Å². The van der Waals surface area contributed by atoms with Crippen molar-refractivity contribution in [2.45, 2.75) is 53.4 Å². The fourth-order valence-corrected chi connectivity index (χ4v) is 2.29. The molecule has 0 aliphatic heterocycles. The van der Waals surface area contributed by atoms with Crippen molar-refractivity contribution in [3.63, 3.8) is 0 Å². The van der Waals surface area contributed by atoms with Crippen LogP contribution in [-0.2, 0) is 11.8 Å². The van der Waals surface area contributed by atoms with Crippen molar-refractivity contribution < 1.29 is 0 Å². The van der Waals surface area contributed by atoms with Crippen LogP contribution in [0.5, 0.6) is 0 Å². The summed E-state index contributed by atoms with van der Waals surface area (Å²) in [5.41, 5.74) is 1.15. The van der Waals surface area contributed by atoms with Crippen LogP contribution in [0.25, 0.3) is 0 Å². The van der Waals surface area contributed by atoms with Crippen LogP contribution in [-0.4, -0.2) is 16.5 Å². The van der Waals surface area contributed by atoms with E-state index in [1.807, 2.05) is 0 Å². The van der Waals surface area contributed by atoms with Gasteiger partial charge in [-0.1, -0.05) is 34.6 Å². The summed E-state index contributed by atoms with van der Waals surface area (Å²) in [5, 5.41) is 3.34. The minimum absolute atomic E-state index is 0.0136. The summed E-state index contributed by atoms with van der Waals surface area (Å²) in [6.07, 6.45) is 1.00. The summed E-state index contributed by atoms with van der Waals surface area (Å²) in [6.45, 7) is 13.9. The van der Waals surface area contributed by atoms with E-state index < -0.39 is 0 Å². The summed E-state index contributed by atoms with van der Waals surface area (Å²) in [4.78, 5) is 9.44. The Morgan fingerprint density at radius 3 is 2.28 bits per heavy atom. The molecule has 1 aromatic rings. The monoisotopic (exact) mass is 361 g/mol. The molecule has 3 nitrogen and oxygen atoms in total. The van der Waals surface area contributed by atoms with Gasteiger partial charge in [0.25, 0.3) is 0 Å². The summed E-state index contributed by atoms with van der Waals surface area (Å²) >= 11 is 2.35. The van der Waals surface area contributed by atoms with E-state index in [1.165, 1.54) is 5.69 Å². The molecule has 0 aliphatic rings. The van der Waals surface area contributed by atoms with Crippen LogP contribution >= 0.6 is 22.6 Å². The first-order valence-corrected chi connectivity index (χ1v) is 7.64. The average Bonchev–Trinajstić information content (AvgIpc) is 2.21. The first-order chi connectivity index (χ1) is 8.25. The molecule has 0 saturated carbocycles. The first-order valence-electron chi connectivity index (χ1n) is 6.56. The van der Waals surface area contributed by atoms with E-state index in [9.17, 15) is 0 Å². The lowest BCUT2D eigenvalue weighted by molar-refractivity contribution is 0.534. The highest BCUT2D eigenvalue weighted by Crippen LogP contribution is 2.26. The topological polar surface area (TPSA) is 37.8 Å². The number of rotatable bonds is 4. The summed E-state index contributed by atoms with van der Waals surface area (Å²) in [7, 11) is 0. The predicted octanol–water partition coefficient (Wildman–Crippen LogP) is 4.01. The standard InChI is InChI=1S/C14H24IN3/c1-7-16-12-11(15)10(8-9(2)3)17-13(18-12)14(4,5)6/h9H,7-8H2,1-6H3,(H,16,17,18). The van der Waals surface area contributed by atoms with Gasteiger partial charge in [0.15, 0.2) is 0 Å². The van der Waals surface area contributed by atoms with Crippen molar-refractivity contribution in [1.82, 2.24) is 9.97 Å². The Kier molecular flexibility index (Phi) is 5.37. The Labute approximate surface area is 124 Å². The van der Waals surface area contributed by atoms with E-state index in [0.717, 1.165) is 28.2 Å². The van der Waals surface area contributed by atoms with E-state index in [4.69, 9.17) is 4.98 Å². The molecule has 4 heteroatoms. The van der Waals surface area contributed by atoms with Crippen LogP contribution < -0.4 is 5.32 Å². The molecule has 1 rings (SSSR count). The van der Waals surface area contributed by atoms with E-state index in [-0.39, 0.29) is 5.41 Å². The Morgan fingerprint density at radius 1 is 1.22 bits per heavy atom. The number of nitrogens with zero attached hydrogens (tertiary/aromatic N) is 2. The highest BCUT2D eigenvalue weighted by molar-refractivity contribution is 14.1. The number of nitrogens with one attached hydrogen (secondary N) is 1. The molecular formula is C14H24IN3. The SMILES string of the molecule is CCNc1nc(C(C)(C)C)nc(CC(C)C)c1I. The number of halogens is 1. The third-order valence-corrected chi connectivity index (χ3v) is 3.67. The molecule has 0 atom stereocenters. The van der Waals surface area contributed by atoms with Gasteiger partial charge in [-0.15, -0.1) is 0 Å². The van der Waals surface area contributed by atoms with Gasteiger partial charge >= 0.3 is 0 Å². The van der Waals surface area contributed by atoms with Gasteiger partial charge < -0.3 is 5.32 Å². The number of anilines is 1. The molecule has 0 amide bonds. The van der Waals surface area contributed by atoms with E-state index in [0.29, 0.717) is 5.92 Å². The molecule has 1 heterocycles. The highest BCUT2D eigenvalue weighted by atomic mass is 127.